The molecule has 1 saturated carbocycles. The summed E-state index contributed by atoms with van der Waals surface area (Å²) < 4.78 is 5.55. The number of nitrogens with zero attached hydrogens (tertiary/aromatic N) is 1. The van der Waals surface area contributed by atoms with Gasteiger partial charge in [-0.25, -0.2) is 0 Å². The molecule has 0 spiro atoms. The van der Waals surface area contributed by atoms with E-state index in [0.29, 0.717) is 12.1 Å². The summed E-state index contributed by atoms with van der Waals surface area (Å²) in [5.41, 5.74) is 0. The van der Waals surface area contributed by atoms with Crippen molar-refractivity contribution >= 4 is 5.91 Å². The zero-order chi connectivity index (χ0) is 12.4. The van der Waals surface area contributed by atoms with Gasteiger partial charge in [-0.1, -0.05) is 6.42 Å². The van der Waals surface area contributed by atoms with Crippen molar-refractivity contribution in [2.45, 2.75) is 63.1 Å². The zero-order valence-corrected chi connectivity index (χ0v) is 11.1. The van der Waals surface area contributed by atoms with Crippen LogP contribution in [0, 0.1) is 0 Å². The SMILES string of the molecule is O=C([C@H]1CCCO1)N(CC1CCCCN1)C1CC1. The van der Waals surface area contributed by atoms with Crippen molar-refractivity contribution in [3.63, 3.8) is 0 Å². The highest BCUT2D eigenvalue weighted by Gasteiger charge is 2.38. The smallest absolute Gasteiger partial charge is 0.252 e. The number of nitrogens with one attached hydrogen (secondary N) is 1. The lowest BCUT2D eigenvalue weighted by Crippen LogP contribution is -2.49. The van der Waals surface area contributed by atoms with Crippen LogP contribution in [0.15, 0.2) is 0 Å². The van der Waals surface area contributed by atoms with Gasteiger partial charge in [0.25, 0.3) is 5.91 Å². The molecule has 2 heterocycles. The summed E-state index contributed by atoms with van der Waals surface area (Å²) in [5, 5.41) is 3.54. The molecule has 0 radical (unpaired) electrons. The van der Waals surface area contributed by atoms with E-state index in [9.17, 15) is 4.79 Å². The fourth-order valence-corrected chi connectivity index (χ4v) is 3.08. The predicted octanol–water partition coefficient (Wildman–Crippen LogP) is 1.30. The predicted molar refractivity (Wildman–Crippen MR) is 69.4 cm³/mol. The molecule has 3 fully saturated rings. The van der Waals surface area contributed by atoms with Crippen molar-refractivity contribution in [1.29, 1.82) is 0 Å². The Morgan fingerprint density at radius 1 is 1.17 bits per heavy atom. The minimum absolute atomic E-state index is 0.144. The van der Waals surface area contributed by atoms with Gasteiger partial charge in [0.05, 0.1) is 0 Å². The monoisotopic (exact) mass is 252 g/mol. The minimum atomic E-state index is -0.144. The highest BCUT2D eigenvalue weighted by atomic mass is 16.5. The van der Waals surface area contributed by atoms with Gasteiger partial charge in [-0.05, 0) is 45.1 Å². The van der Waals surface area contributed by atoms with Gasteiger partial charge >= 0.3 is 0 Å². The van der Waals surface area contributed by atoms with Gasteiger partial charge in [-0.2, -0.15) is 0 Å². The molecule has 1 unspecified atom stereocenters. The Morgan fingerprint density at radius 3 is 2.67 bits per heavy atom. The summed E-state index contributed by atoms with van der Waals surface area (Å²) in [6.07, 6.45) is 7.97. The lowest BCUT2D eigenvalue weighted by Gasteiger charge is -2.32. The Kier molecular flexibility index (Phi) is 3.85. The van der Waals surface area contributed by atoms with Gasteiger partial charge in [-0.15, -0.1) is 0 Å². The zero-order valence-electron chi connectivity index (χ0n) is 11.1. The molecular weight excluding hydrogens is 228 g/mol. The molecule has 3 aliphatic rings. The number of carbonyl (C=O) groups is 1. The average Bonchev–Trinajstić information content (AvgIpc) is 3.10. The Hall–Kier alpha value is -0.610. The maximum Gasteiger partial charge on any atom is 0.252 e. The molecule has 0 aromatic rings. The summed E-state index contributed by atoms with van der Waals surface area (Å²) in [7, 11) is 0. The van der Waals surface area contributed by atoms with Crippen molar-refractivity contribution < 1.29 is 9.53 Å². The molecule has 2 aliphatic heterocycles. The van der Waals surface area contributed by atoms with Gasteiger partial charge in [0, 0.05) is 25.2 Å². The highest BCUT2D eigenvalue weighted by molar-refractivity contribution is 5.81. The van der Waals surface area contributed by atoms with E-state index < -0.39 is 0 Å². The Morgan fingerprint density at radius 2 is 2.06 bits per heavy atom. The van der Waals surface area contributed by atoms with E-state index in [4.69, 9.17) is 4.74 Å². The molecular formula is C14H24N2O2. The number of ether oxygens (including phenoxy) is 1. The number of amides is 1. The number of piperidine rings is 1. The first kappa shape index (κ1) is 12.4. The van der Waals surface area contributed by atoms with E-state index in [1.54, 1.807) is 0 Å². The molecule has 102 valence electrons. The van der Waals surface area contributed by atoms with Crippen LogP contribution in [0.25, 0.3) is 0 Å². The fraction of sp³-hybridized carbons (Fsp3) is 0.929. The first-order valence-electron chi connectivity index (χ1n) is 7.50. The highest BCUT2D eigenvalue weighted by Crippen LogP contribution is 2.29. The van der Waals surface area contributed by atoms with Crippen LogP contribution in [0.3, 0.4) is 0 Å². The molecule has 4 heteroatoms. The van der Waals surface area contributed by atoms with Gasteiger partial charge in [-0.3, -0.25) is 4.79 Å². The van der Waals surface area contributed by atoms with Crippen LogP contribution < -0.4 is 5.32 Å². The van der Waals surface area contributed by atoms with E-state index in [2.05, 4.69) is 10.2 Å². The summed E-state index contributed by atoms with van der Waals surface area (Å²) in [5.74, 6) is 0.252. The summed E-state index contributed by atoms with van der Waals surface area (Å²) in [6, 6.07) is 1.01. The molecule has 1 amide bonds. The van der Waals surface area contributed by atoms with Crippen molar-refractivity contribution in [2.24, 2.45) is 0 Å². The van der Waals surface area contributed by atoms with Crippen LogP contribution in [0.5, 0.6) is 0 Å². The second-order valence-corrected chi connectivity index (χ2v) is 5.87. The summed E-state index contributed by atoms with van der Waals surface area (Å²) in [4.78, 5) is 14.6. The Bertz CT molecular complexity index is 292. The van der Waals surface area contributed by atoms with E-state index >= 15 is 0 Å². The average molecular weight is 252 g/mol. The first-order chi connectivity index (χ1) is 8.84. The third-order valence-electron chi connectivity index (χ3n) is 4.31. The van der Waals surface area contributed by atoms with Crippen molar-refractivity contribution in [2.75, 3.05) is 19.7 Å². The number of carbonyl (C=O) groups excluding carboxylic acids is 1. The van der Waals surface area contributed by atoms with Gasteiger partial charge < -0.3 is 15.0 Å². The van der Waals surface area contributed by atoms with Crippen LogP contribution in [0.1, 0.15) is 44.9 Å². The normalized spacial score (nSPS) is 32.4. The molecule has 1 N–H and O–H groups in total. The van der Waals surface area contributed by atoms with E-state index in [-0.39, 0.29) is 12.0 Å². The van der Waals surface area contributed by atoms with Crippen molar-refractivity contribution in [3.8, 4) is 0 Å². The molecule has 0 aromatic heterocycles. The molecule has 4 nitrogen and oxygen atoms in total. The third-order valence-corrected chi connectivity index (χ3v) is 4.31. The largest absolute Gasteiger partial charge is 0.368 e. The van der Waals surface area contributed by atoms with Crippen molar-refractivity contribution in [3.05, 3.63) is 0 Å². The maximum absolute atomic E-state index is 12.5. The van der Waals surface area contributed by atoms with Crippen LogP contribution in [0.2, 0.25) is 0 Å². The summed E-state index contributed by atoms with van der Waals surface area (Å²) >= 11 is 0. The molecule has 18 heavy (non-hydrogen) atoms. The second kappa shape index (κ2) is 5.57. The number of hydrogen-bond acceptors (Lipinski definition) is 3. The van der Waals surface area contributed by atoms with Gasteiger partial charge in [0.2, 0.25) is 0 Å². The molecule has 0 aromatic carbocycles. The molecule has 3 rings (SSSR count). The standard InChI is InChI=1S/C14H24N2O2/c17-14(13-5-3-9-18-13)16(12-6-7-12)10-11-4-1-2-8-15-11/h11-13,15H,1-10H2/t11?,13-/m1/s1. The van der Waals surface area contributed by atoms with Crippen molar-refractivity contribution in [1.82, 2.24) is 10.2 Å². The molecule has 2 saturated heterocycles. The fourth-order valence-electron chi connectivity index (χ4n) is 3.08. The van der Waals surface area contributed by atoms with Gasteiger partial charge in [0.1, 0.15) is 6.10 Å². The van der Waals surface area contributed by atoms with E-state index in [1.165, 1.54) is 32.1 Å². The maximum atomic E-state index is 12.5. The molecule has 2 atom stereocenters. The van der Waals surface area contributed by atoms with Crippen LogP contribution in [-0.2, 0) is 9.53 Å². The molecule has 0 bridgehead atoms. The number of hydrogen-bond donors (Lipinski definition) is 1. The number of rotatable bonds is 4. The topological polar surface area (TPSA) is 41.6 Å². The Labute approximate surface area is 109 Å². The Balaban J connectivity index is 1.58. The van der Waals surface area contributed by atoms with E-state index in [1.807, 2.05) is 0 Å². The van der Waals surface area contributed by atoms with Gasteiger partial charge in [0.15, 0.2) is 0 Å². The quantitative estimate of drug-likeness (QED) is 0.820. The van der Waals surface area contributed by atoms with Crippen LogP contribution in [-0.4, -0.2) is 48.7 Å². The van der Waals surface area contributed by atoms with Crippen LogP contribution in [0.4, 0.5) is 0 Å². The third kappa shape index (κ3) is 2.86. The second-order valence-electron chi connectivity index (χ2n) is 5.87. The van der Waals surface area contributed by atoms with Crippen LogP contribution >= 0.6 is 0 Å². The first-order valence-corrected chi connectivity index (χ1v) is 7.50. The lowest BCUT2D eigenvalue weighted by molar-refractivity contribution is -0.142. The minimum Gasteiger partial charge on any atom is -0.368 e. The molecule has 1 aliphatic carbocycles. The lowest BCUT2D eigenvalue weighted by atomic mass is 10.0. The van der Waals surface area contributed by atoms with E-state index in [0.717, 1.165) is 32.5 Å². The summed E-state index contributed by atoms with van der Waals surface area (Å²) in [6.45, 7) is 2.76.